The van der Waals surface area contributed by atoms with Crippen LogP contribution in [0.4, 0.5) is 0 Å². The highest BCUT2D eigenvalue weighted by Gasteiger charge is 2.33. The zero-order valence-electron chi connectivity index (χ0n) is 10.9. The normalized spacial score (nSPS) is 12.0. The van der Waals surface area contributed by atoms with E-state index in [0.29, 0.717) is 22.1 Å². The van der Waals surface area contributed by atoms with Crippen LogP contribution in [0.15, 0.2) is 29.6 Å². The van der Waals surface area contributed by atoms with Gasteiger partial charge in [-0.15, -0.1) is 4.68 Å². The van der Waals surface area contributed by atoms with Crippen LogP contribution < -0.4 is 20.7 Å². The van der Waals surface area contributed by atoms with Gasteiger partial charge in [-0.1, -0.05) is 28.0 Å². The minimum Gasteiger partial charge on any atom is -0.496 e. The molecular formula is C11H12N4O4PS+. The van der Waals surface area contributed by atoms with E-state index in [9.17, 15) is 14.4 Å². The molecule has 0 radical (unpaired) electrons. The van der Waals surface area contributed by atoms with Crippen molar-refractivity contribution in [3.63, 3.8) is 0 Å². The molecule has 0 saturated carbocycles. The molecule has 110 valence electrons. The predicted octanol–water partition coefficient (Wildman–Crippen LogP) is -0.124. The summed E-state index contributed by atoms with van der Waals surface area (Å²) in [7, 11) is -2.89. The highest BCUT2D eigenvalue weighted by Crippen LogP contribution is 2.35. The molecule has 0 amide bonds. The Balaban J connectivity index is 2.28. The van der Waals surface area contributed by atoms with Crippen molar-refractivity contribution in [1.29, 1.82) is 0 Å². The van der Waals surface area contributed by atoms with Crippen LogP contribution in [-0.2, 0) is 4.57 Å². The third-order valence-corrected chi connectivity index (χ3v) is 4.95. The number of nitrogens with zero attached hydrogens (tertiary/aromatic N) is 3. The minimum absolute atomic E-state index is 0.192. The Morgan fingerprint density at radius 2 is 2.14 bits per heavy atom. The molecule has 4 N–H and O–H groups in total. The number of nitrogens with two attached hydrogens (primary N) is 1. The first kappa shape index (κ1) is 14.0. The lowest BCUT2D eigenvalue weighted by Gasteiger charge is -2.02. The largest absolute Gasteiger partial charge is 0.496 e. The molecule has 1 aromatic carbocycles. The van der Waals surface area contributed by atoms with Crippen LogP contribution in [0.25, 0.3) is 16.3 Å². The first-order valence-corrected chi connectivity index (χ1v) is 8.29. The lowest BCUT2D eigenvalue weighted by Crippen LogP contribution is -2.45. The Kier molecular flexibility index (Phi) is 3.22. The number of nitrogen functional groups attached to an aromatic ring is 1. The Labute approximate surface area is 123 Å². The number of thiazole rings is 1. The van der Waals surface area contributed by atoms with E-state index in [1.165, 1.54) is 17.2 Å². The monoisotopic (exact) mass is 327 g/mol. The molecule has 2 heterocycles. The number of benzene rings is 1. The van der Waals surface area contributed by atoms with E-state index in [0.717, 1.165) is 15.9 Å². The van der Waals surface area contributed by atoms with Crippen molar-refractivity contribution in [3.8, 4) is 17.1 Å². The number of para-hydroxylation sites is 1. The van der Waals surface area contributed by atoms with E-state index in [2.05, 4.69) is 5.10 Å². The molecule has 8 nitrogen and oxygen atoms in total. The van der Waals surface area contributed by atoms with Crippen LogP contribution in [0.5, 0.6) is 5.75 Å². The van der Waals surface area contributed by atoms with Gasteiger partial charge in [-0.05, 0) is 12.1 Å². The van der Waals surface area contributed by atoms with Gasteiger partial charge in [0.05, 0.1) is 17.8 Å². The molecule has 3 rings (SSSR count). The molecule has 0 unspecified atom stereocenters. The third kappa shape index (κ3) is 2.20. The van der Waals surface area contributed by atoms with Crippen molar-refractivity contribution in [2.75, 3.05) is 13.0 Å². The van der Waals surface area contributed by atoms with Gasteiger partial charge in [-0.3, -0.25) is 10.4 Å². The Bertz CT molecular complexity index is 868. The van der Waals surface area contributed by atoms with Crippen molar-refractivity contribution in [1.82, 2.24) is 9.61 Å². The van der Waals surface area contributed by atoms with Crippen molar-refractivity contribution >= 4 is 29.3 Å². The number of ether oxygens (including phenoxy) is 1. The SMILES string of the molecule is COc1ccccc1-c1nn2c(P(=O)(O)O)csc2[n+]1N. The van der Waals surface area contributed by atoms with Crippen molar-refractivity contribution < 1.29 is 23.8 Å². The highest BCUT2D eigenvalue weighted by molar-refractivity contribution is 7.60. The summed E-state index contributed by atoms with van der Waals surface area (Å²) in [6.07, 6.45) is 0. The number of rotatable bonds is 3. The maximum absolute atomic E-state index is 11.5. The number of hydrogen-bond acceptors (Lipinski definition) is 5. The lowest BCUT2D eigenvalue weighted by atomic mass is 10.2. The van der Waals surface area contributed by atoms with Gasteiger partial charge in [0.1, 0.15) is 5.75 Å². The van der Waals surface area contributed by atoms with E-state index in [4.69, 9.17) is 10.6 Å². The average Bonchev–Trinajstić information content (AvgIpc) is 2.99. The molecule has 2 aromatic heterocycles. The second-order valence-corrected chi connectivity index (χ2v) is 6.61. The summed E-state index contributed by atoms with van der Waals surface area (Å²) in [4.78, 5) is 19.1. The molecule has 0 saturated heterocycles. The third-order valence-electron chi connectivity index (χ3n) is 2.94. The van der Waals surface area contributed by atoms with E-state index in [1.54, 1.807) is 18.2 Å². The zero-order valence-corrected chi connectivity index (χ0v) is 12.6. The fraction of sp³-hybridized carbons (Fsp3) is 0.0909. The molecule has 0 bridgehead atoms. The quantitative estimate of drug-likeness (QED) is 0.351. The summed E-state index contributed by atoms with van der Waals surface area (Å²) in [6.45, 7) is 0. The minimum atomic E-state index is -4.42. The van der Waals surface area contributed by atoms with Gasteiger partial charge in [0, 0.05) is 5.38 Å². The summed E-state index contributed by atoms with van der Waals surface area (Å²) in [6, 6.07) is 7.14. The molecule has 0 aliphatic rings. The second-order valence-electron chi connectivity index (χ2n) is 4.23. The van der Waals surface area contributed by atoms with Gasteiger partial charge >= 0.3 is 18.4 Å². The average molecular weight is 327 g/mol. The van der Waals surface area contributed by atoms with Crippen LogP contribution in [0.3, 0.4) is 0 Å². The molecule has 0 spiro atoms. The molecular weight excluding hydrogens is 315 g/mol. The molecule has 21 heavy (non-hydrogen) atoms. The van der Waals surface area contributed by atoms with Gasteiger partial charge in [0.2, 0.25) is 5.44 Å². The van der Waals surface area contributed by atoms with E-state index < -0.39 is 7.60 Å². The van der Waals surface area contributed by atoms with Crippen LogP contribution in [0, 0.1) is 0 Å². The summed E-state index contributed by atoms with van der Waals surface area (Å²) in [5.41, 5.74) is 0.443. The molecule has 3 aromatic rings. The molecule has 10 heteroatoms. The summed E-state index contributed by atoms with van der Waals surface area (Å²) < 4.78 is 19.1. The van der Waals surface area contributed by atoms with Gasteiger partial charge in [0.15, 0.2) is 0 Å². The first-order chi connectivity index (χ1) is 9.93. The van der Waals surface area contributed by atoms with Gasteiger partial charge in [-0.25, -0.2) is 0 Å². The van der Waals surface area contributed by atoms with E-state index >= 15 is 0 Å². The number of fused-ring (bicyclic) bond motifs is 1. The summed E-state index contributed by atoms with van der Waals surface area (Å²) in [5, 5.41) is 5.56. The van der Waals surface area contributed by atoms with Gasteiger partial charge in [0.25, 0.3) is 0 Å². The van der Waals surface area contributed by atoms with Crippen LogP contribution in [0.1, 0.15) is 0 Å². The topological polar surface area (TPSA) is 114 Å². The van der Waals surface area contributed by atoms with Crippen molar-refractivity contribution in [3.05, 3.63) is 29.6 Å². The van der Waals surface area contributed by atoms with E-state index in [-0.39, 0.29) is 5.44 Å². The molecule has 0 fully saturated rings. The van der Waals surface area contributed by atoms with Crippen LogP contribution in [-0.4, -0.2) is 26.5 Å². The first-order valence-electron chi connectivity index (χ1n) is 5.80. The van der Waals surface area contributed by atoms with Gasteiger partial charge < -0.3 is 14.5 Å². The molecule has 0 aliphatic carbocycles. The van der Waals surface area contributed by atoms with Crippen molar-refractivity contribution in [2.45, 2.75) is 0 Å². The fourth-order valence-electron chi connectivity index (χ4n) is 1.99. The second kappa shape index (κ2) is 4.81. The van der Waals surface area contributed by atoms with E-state index in [1.807, 2.05) is 6.07 Å². The maximum Gasteiger partial charge on any atom is 0.392 e. The predicted molar refractivity (Wildman–Crippen MR) is 77.1 cm³/mol. The smallest absolute Gasteiger partial charge is 0.392 e. The lowest BCUT2D eigenvalue weighted by molar-refractivity contribution is -0.598. The molecule has 0 aliphatic heterocycles. The van der Waals surface area contributed by atoms with Crippen LogP contribution in [0.2, 0.25) is 0 Å². The highest BCUT2D eigenvalue weighted by atomic mass is 32.1. The standard InChI is InChI=1S/C11H11N4O4PS/c1-19-8-5-3-2-4-7(8)10-13-15-9(20(16,17)18)6-21-11(15)14(10)12/h2-6H,12H2,1H3,(H-,16,17,18)/p+1. The summed E-state index contributed by atoms with van der Waals surface area (Å²) in [5.74, 6) is 6.91. The number of methoxy groups -OCH3 is 1. The maximum atomic E-state index is 11.5. The Morgan fingerprint density at radius 1 is 1.43 bits per heavy atom. The number of hydrogen-bond donors (Lipinski definition) is 3. The number of aromatic nitrogens is 3. The summed E-state index contributed by atoms with van der Waals surface area (Å²) >= 11 is 1.10. The zero-order chi connectivity index (χ0) is 15.2. The molecule has 0 atom stereocenters. The van der Waals surface area contributed by atoms with Gasteiger partial charge in [-0.2, -0.15) is 0 Å². The fourth-order valence-corrected chi connectivity index (χ4v) is 3.91. The Morgan fingerprint density at radius 3 is 2.81 bits per heavy atom. The van der Waals surface area contributed by atoms with Crippen LogP contribution >= 0.6 is 18.9 Å². The van der Waals surface area contributed by atoms with Crippen molar-refractivity contribution in [2.24, 2.45) is 0 Å². The Hall–Kier alpha value is -1.93.